The molecule has 1 aromatic heterocycles. The molecule has 0 spiro atoms. The number of rotatable bonds is 9. The minimum atomic E-state index is -0.530. The molecule has 0 bridgehead atoms. The van der Waals surface area contributed by atoms with Gasteiger partial charge in [-0.25, -0.2) is 9.48 Å². The second-order valence-electron chi connectivity index (χ2n) is 7.71. The molecule has 0 amide bonds. The number of esters is 1. The van der Waals surface area contributed by atoms with Crippen LogP contribution in [0.3, 0.4) is 0 Å². The minimum Gasteiger partial charge on any atom is -0.490 e. The van der Waals surface area contributed by atoms with E-state index in [0.29, 0.717) is 47.1 Å². The van der Waals surface area contributed by atoms with E-state index >= 15 is 0 Å². The highest BCUT2D eigenvalue weighted by molar-refractivity contribution is 9.10. The summed E-state index contributed by atoms with van der Waals surface area (Å²) in [6, 6.07) is 13.1. The van der Waals surface area contributed by atoms with Crippen molar-refractivity contribution in [1.82, 2.24) is 14.8 Å². The van der Waals surface area contributed by atoms with E-state index in [1.165, 1.54) is 18.9 Å². The molecule has 1 aliphatic heterocycles. The predicted molar refractivity (Wildman–Crippen MR) is 139 cm³/mol. The number of aromatic nitrogens is 3. The Labute approximate surface area is 217 Å². The van der Waals surface area contributed by atoms with Gasteiger partial charge in [-0.3, -0.25) is 0 Å². The monoisotopic (exact) mass is 558 g/mol. The van der Waals surface area contributed by atoms with E-state index in [4.69, 9.17) is 14.2 Å². The third kappa shape index (κ3) is 5.48. The molecular formula is C25H27BrN4O4S. The number of carbonyl (C=O) groups is 1. The second kappa shape index (κ2) is 11.2. The number of benzene rings is 2. The molecule has 0 saturated carbocycles. The Morgan fingerprint density at radius 1 is 1.14 bits per heavy atom. The van der Waals surface area contributed by atoms with E-state index in [1.54, 1.807) is 4.68 Å². The quantitative estimate of drug-likeness (QED) is 0.268. The van der Waals surface area contributed by atoms with Crippen LogP contribution >= 0.6 is 27.7 Å². The summed E-state index contributed by atoms with van der Waals surface area (Å²) < 4.78 is 19.9. The molecule has 0 radical (unpaired) electrons. The first-order valence-electron chi connectivity index (χ1n) is 11.2. The summed E-state index contributed by atoms with van der Waals surface area (Å²) in [5, 5.41) is 8.50. The van der Waals surface area contributed by atoms with E-state index in [0.717, 1.165) is 21.4 Å². The number of hydrogen-bond donors (Lipinski definition) is 1. The fourth-order valence-corrected chi connectivity index (χ4v) is 4.65. The van der Waals surface area contributed by atoms with Crippen LogP contribution in [0.1, 0.15) is 37.9 Å². The smallest absolute Gasteiger partial charge is 0.338 e. The van der Waals surface area contributed by atoms with E-state index < -0.39 is 12.0 Å². The minimum absolute atomic E-state index is 0.400. The van der Waals surface area contributed by atoms with Gasteiger partial charge in [-0.2, -0.15) is 4.98 Å². The molecular weight excluding hydrogens is 532 g/mol. The van der Waals surface area contributed by atoms with E-state index in [9.17, 15) is 4.79 Å². The number of thioether (sulfide) groups is 1. The Morgan fingerprint density at radius 3 is 2.60 bits per heavy atom. The number of nitrogens with zero attached hydrogens (tertiary/aromatic N) is 3. The summed E-state index contributed by atoms with van der Waals surface area (Å²) in [6.07, 6.45) is 0. The number of anilines is 1. The Bertz CT molecular complexity index is 1240. The Kier molecular flexibility index (Phi) is 8.02. The lowest BCUT2D eigenvalue weighted by atomic mass is 9.95. The fraction of sp³-hybridized carbons (Fsp3) is 0.320. The molecule has 35 heavy (non-hydrogen) atoms. The van der Waals surface area contributed by atoms with Crippen LogP contribution in [0.2, 0.25) is 0 Å². The first-order chi connectivity index (χ1) is 16.9. The molecule has 3 aromatic rings. The summed E-state index contributed by atoms with van der Waals surface area (Å²) in [6.45, 7) is 6.67. The summed E-state index contributed by atoms with van der Waals surface area (Å²) in [5.74, 6) is 2.19. The van der Waals surface area contributed by atoms with Crippen LogP contribution in [0.5, 0.6) is 11.5 Å². The average molecular weight is 559 g/mol. The van der Waals surface area contributed by atoms with Crippen LogP contribution in [0.15, 0.2) is 63.4 Å². The molecule has 1 aliphatic rings. The standard InChI is InChI=1S/C25H27BrN4O4S/c1-5-33-20-13-17(9-12-19(20)34-14-16-7-10-18(26)11-8-16)22-21(23(31)32-4)15(3)27-24-28-25(35-6-2)29-30(22)24/h7-13,22H,5-6,14H2,1-4H3,(H,27,28,29). The lowest BCUT2D eigenvalue weighted by molar-refractivity contribution is -0.136. The number of carbonyl (C=O) groups excluding carboxylic acids is 1. The molecule has 1 atom stereocenters. The van der Waals surface area contributed by atoms with Crippen molar-refractivity contribution in [3.8, 4) is 11.5 Å². The topological polar surface area (TPSA) is 87.5 Å². The number of fused-ring (bicyclic) bond motifs is 1. The molecule has 0 saturated heterocycles. The highest BCUT2D eigenvalue weighted by Gasteiger charge is 2.35. The van der Waals surface area contributed by atoms with Crippen LogP contribution < -0.4 is 14.8 Å². The van der Waals surface area contributed by atoms with Gasteiger partial charge in [-0.15, -0.1) is 5.10 Å². The van der Waals surface area contributed by atoms with Gasteiger partial charge in [-0.05, 0) is 55.0 Å². The zero-order valence-corrected chi connectivity index (χ0v) is 22.4. The summed E-state index contributed by atoms with van der Waals surface area (Å²) in [4.78, 5) is 17.4. The van der Waals surface area contributed by atoms with Crippen LogP contribution in [-0.2, 0) is 16.1 Å². The maximum absolute atomic E-state index is 12.8. The molecule has 0 aliphatic carbocycles. The van der Waals surface area contributed by atoms with Crippen LogP contribution in [0.4, 0.5) is 5.95 Å². The maximum Gasteiger partial charge on any atom is 0.338 e. The van der Waals surface area contributed by atoms with Gasteiger partial charge < -0.3 is 19.5 Å². The third-order valence-corrected chi connectivity index (χ3v) is 6.65. The largest absolute Gasteiger partial charge is 0.490 e. The molecule has 10 heteroatoms. The number of allylic oxidation sites excluding steroid dienone is 1. The molecule has 2 heterocycles. The first-order valence-corrected chi connectivity index (χ1v) is 13.0. The summed E-state index contributed by atoms with van der Waals surface area (Å²) in [7, 11) is 1.37. The number of halogens is 1. The maximum atomic E-state index is 12.8. The van der Waals surface area contributed by atoms with Crippen LogP contribution in [-0.4, -0.2) is 40.2 Å². The summed E-state index contributed by atoms with van der Waals surface area (Å²) in [5.41, 5.74) is 2.98. The van der Waals surface area contributed by atoms with Gasteiger partial charge in [-0.1, -0.05) is 52.8 Å². The van der Waals surface area contributed by atoms with Crippen molar-refractivity contribution in [3.05, 3.63) is 69.3 Å². The average Bonchev–Trinajstić information content (AvgIpc) is 3.25. The molecule has 184 valence electrons. The number of hydrogen-bond acceptors (Lipinski definition) is 8. The molecule has 1 unspecified atom stereocenters. The highest BCUT2D eigenvalue weighted by atomic mass is 79.9. The molecule has 8 nitrogen and oxygen atoms in total. The van der Waals surface area contributed by atoms with Crippen molar-refractivity contribution in [3.63, 3.8) is 0 Å². The van der Waals surface area contributed by atoms with Crippen molar-refractivity contribution in [2.75, 3.05) is 24.8 Å². The molecule has 4 rings (SSSR count). The van der Waals surface area contributed by atoms with E-state index in [1.807, 2.05) is 63.2 Å². The van der Waals surface area contributed by atoms with Crippen molar-refractivity contribution in [1.29, 1.82) is 0 Å². The SMILES string of the molecule is CCOc1cc(C2C(C(=O)OC)=C(C)Nc3nc(SCC)nn32)ccc1OCc1ccc(Br)cc1. The summed E-state index contributed by atoms with van der Waals surface area (Å²) >= 11 is 4.99. The number of nitrogens with one attached hydrogen (secondary N) is 1. The van der Waals surface area contributed by atoms with Crippen LogP contribution in [0, 0.1) is 0 Å². The van der Waals surface area contributed by atoms with Gasteiger partial charge in [0.15, 0.2) is 11.5 Å². The second-order valence-corrected chi connectivity index (χ2v) is 9.85. The zero-order valence-electron chi connectivity index (χ0n) is 20.0. The molecule has 2 aromatic carbocycles. The Hall–Kier alpha value is -2.98. The van der Waals surface area contributed by atoms with Crippen LogP contribution in [0.25, 0.3) is 0 Å². The van der Waals surface area contributed by atoms with Gasteiger partial charge in [0, 0.05) is 10.2 Å². The number of ether oxygens (including phenoxy) is 3. The Morgan fingerprint density at radius 2 is 1.91 bits per heavy atom. The zero-order chi connectivity index (χ0) is 24.9. The number of methoxy groups -OCH3 is 1. The van der Waals surface area contributed by atoms with E-state index in [2.05, 4.69) is 31.3 Å². The van der Waals surface area contributed by atoms with Gasteiger partial charge in [0.25, 0.3) is 0 Å². The lowest BCUT2D eigenvalue weighted by Gasteiger charge is -2.28. The fourth-order valence-electron chi connectivity index (χ4n) is 3.83. The van der Waals surface area contributed by atoms with Gasteiger partial charge in [0.1, 0.15) is 12.6 Å². The lowest BCUT2D eigenvalue weighted by Crippen LogP contribution is -2.29. The highest BCUT2D eigenvalue weighted by Crippen LogP contribution is 2.40. The third-order valence-electron chi connectivity index (χ3n) is 5.40. The first kappa shape index (κ1) is 25.1. The van der Waals surface area contributed by atoms with E-state index in [-0.39, 0.29) is 0 Å². The van der Waals surface area contributed by atoms with Gasteiger partial charge in [0.2, 0.25) is 11.1 Å². The normalized spacial score (nSPS) is 14.8. The predicted octanol–water partition coefficient (Wildman–Crippen LogP) is 5.59. The van der Waals surface area contributed by atoms with Gasteiger partial charge >= 0.3 is 5.97 Å². The van der Waals surface area contributed by atoms with Crippen molar-refractivity contribution < 1.29 is 19.0 Å². The van der Waals surface area contributed by atoms with Crippen molar-refractivity contribution >= 4 is 39.6 Å². The van der Waals surface area contributed by atoms with Crippen molar-refractivity contribution in [2.45, 2.75) is 38.6 Å². The van der Waals surface area contributed by atoms with Gasteiger partial charge in [0.05, 0.1) is 19.3 Å². The molecule has 1 N–H and O–H groups in total. The molecule has 0 fully saturated rings. The van der Waals surface area contributed by atoms with Crippen molar-refractivity contribution in [2.24, 2.45) is 0 Å². The Balaban J connectivity index is 1.72.